The van der Waals surface area contributed by atoms with E-state index in [1.807, 2.05) is 27.8 Å². The average molecular weight is 307 g/mol. The number of rotatable bonds is 4. The lowest BCUT2D eigenvalue weighted by atomic mass is 9.91. The lowest BCUT2D eigenvalue weighted by Crippen LogP contribution is -2.43. The van der Waals surface area contributed by atoms with Crippen LogP contribution in [0.15, 0.2) is 18.5 Å². The Hall–Kier alpha value is -1.49. The summed E-state index contributed by atoms with van der Waals surface area (Å²) < 4.78 is 7.38. The molecule has 0 aromatic carbocycles. The van der Waals surface area contributed by atoms with Crippen molar-refractivity contribution in [2.24, 2.45) is 7.05 Å². The summed E-state index contributed by atoms with van der Waals surface area (Å²) in [6.07, 6.45) is 8.10. The molecule has 22 heavy (non-hydrogen) atoms. The Balaban J connectivity index is 1.66. The summed E-state index contributed by atoms with van der Waals surface area (Å²) in [5.41, 5.74) is 0.884. The number of ether oxygens (including phenoxy) is 1. The van der Waals surface area contributed by atoms with E-state index in [9.17, 15) is 4.79 Å². The highest BCUT2D eigenvalue weighted by Gasteiger charge is 2.24. The van der Waals surface area contributed by atoms with Crippen LogP contribution < -0.4 is 10.6 Å². The molecule has 0 bridgehead atoms. The van der Waals surface area contributed by atoms with Crippen molar-refractivity contribution in [3.63, 3.8) is 0 Å². The topological polar surface area (TPSA) is 55.3 Å². The van der Waals surface area contributed by atoms with Gasteiger partial charge < -0.3 is 19.9 Å². The van der Waals surface area contributed by atoms with E-state index in [1.54, 1.807) is 0 Å². The average Bonchev–Trinajstić information content (AvgIpc) is 2.81. The van der Waals surface area contributed by atoms with Gasteiger partial charge in [0.25, 0.3) is 0 Å². The Morgan fingerprint density at radius 3 is 2.45 bits per heavy atom. The molecular weight excluding hydrogens is 278 g/mol. The first-order valence-corrected chi connectivity index (χ1v) is 8.15. The largest absolute Gasteiger partial charge is 0.444 e. The molecule has 2 rings (SSSR count). The lowest BCUT2D eigenvalue weighted by Gasteiger charge is -2.30. The molecule has 0 unspecified atom stereocenters. The molecule has 1 amide bonds. The van der Waals surface area contributed by atoms with E-state index >= 15 is 0 Å². The van der Waals surface area contributed by atoms with Crippen molar-refractivity contribution in [2.45, 2.75) is 70.7 Å². The van der Waals surface area contributed by atoms with Gasteiger partial charge in [0, 0.05) is 38.1 Å². The van der Waals surface area contributed by atoms with E-state index in [4.69, 9.17) is 4.74 Å². The van der Waals surface area contributed by atoms with E-state index in [1.165, 1.54) is 5.56 Å². The van der Waals surface area contributed by atoms with Crippen LogP contribution in [0, 0.1) is 0 Å². The fraction of sp³-hybridized carbons (Fsp3) is 0.706. The lowest BCUT2D eigenvalue weighted by molar-refractivity contribution is 0.0490. The molecule has 0 atom stereocenters. The maximum atomic E-state index is 11.8. The first-order chi connectivity index (χ1) is 10.3. The monoisotopic (exact) mass is 307 g/mol. The minimum absolute atomic E-state index is 0.240. The van der Waals surface area contributed by atoms with Crippen LogP contribution in [0.2, 0.25) is 0 Å². The third kappa shape index (κ3) is 5.72. The maximum Gasteiger partial charge on any atom is 0.407 e. The van der Waals surface area contributed by atoms with E-state index in [-0.39, 0.29) is 12.1 Å². The van der Waals surface area contributed by atoms with Gasteiger partial charge in [-0.15, -0.1) is 0 Å². The smallest absolute Gasteiger partial charge is 0.407 e. The van der Waals surface area contributed by atoms with Gasteiger partial charge in [-0.1, -0.05) is 0 Å². The van der Waals surface area contributed by atoms with Crippen molar-refractivity contribution in [1.29, 1.82) is 0 Å². The first-order valence-electron chi connectivity index (χ1n) is 8.15. The van der Waals surface area contributed by atoms with Gasteiger partial charge in [0.05, 0.1) is 0 Å². The van der Waals surface area contributed by atoms with Crippen molar-refractivity contribution >= 4 is 6.09 Å². The van der Waals surface area contributed by atoms with Gasteiger partial charge in [-0.05, 0) is 58.1 Å². The van der Waals surface area contributed by atoms with Crippen LogP contribution in [0.5, 0.6) is 0 Å². The second-order valence-corrected chi connectivity index (χ2v) is 7.26. The van der Waals surface area contributed by atoms with E-state index in [2.05, 4.69) is 33.7 Å². The number of hydrogen-bond donors (Lipinski definition) is 2. The molecule has 1 aromatic rings. The summed E-state index contributed by atoms with van der Waals surface area (Å²) >= 11 is 0. The summed E-state index contributed by atoms with van der Waals surface area (Å²) in [6, 6.07) is 2.92. The Bertz CT molecular complexity index is 482. The molecule has 2 N–H and O–H groups in total. The molecule has 1 aromatic heterocycles. The molecule has 5 heteroatoms. The normalized spacial score (nSPS) is 22.4. The predicted octanol–water partition coefficient (Wildman–Crippen LogP) is 2.95. The Morgan fingerprint density at radius 2 is 1.91 bits per heavy atom. The zero-order valence-corrected chi connectivity index (χ0v) is 14.2. The number of nitrogens with one attached hydrogen (secondary N) is 2. The van der Waals surface area contributed by atoms with Crippen LogP contribution in [0.3, 0.4) is 0 Å². The number of hydrogen-bond acceptors (Lipinski definition) is 3. The van der Waals surface area contributed by atoms with Gasteiger partial charge in [-0.25, -0.2) is 4.79 Å². The van der Waals surface area contributed by atoms with Crippen LogP contribution in [-0.4, -0.2) is 28.3 Å². The SMILES string of the molecule is Cn1ccc(CNC2CCC(NC(=O)OC(C)(C)C)CC2)c1. The fourth-order valence-corrected chi connectivity index (χ4v) is 2.84. The number of carbonyl (C=O) groups excluding carboxylic acids is 1. The quantitative estimate of drug-likeness (QED) is 0.899. The Labute approximate surface area is 133 Å². The van der Waals surface area contributed by atoms with E-state index < -0.39 is 5.60 Å². The van der Waals surface area contributed by atoms with Crippen molar-refractivity contribution in [3.8, 4) is 0 Å². The maximum absolute atomic E-state index is 11.8. The Morgan fingerprint density at radius 1 is 1.27 bits per heavy atom. The number of amides is 1. The summed E-state index contributed by atoms with van der Waals surface area (Å²) in [4.78, 5) is 11.8. The minimum atomic E-state index is -0.432. The highest BCUT2D eigenvalue weighted by atomic mass is 16.6. The molecule has 0 radical (unpaired) electrons. The summed E-state index contributed by atoms with van der Waals surface area (Å²) in [6.45, 7) is 6.57. The zero-order valence-electron chi connectivity index (χ0n) is 14.2. The second kappa shape index (κ2) is 7.18. The molecule has 1 aliphatic carbocycles. The van der Waals surface area contributed by atoms with Crippen LogP contribution in [0.4, 0.5) is 4.79 Å². The molecule has 1 heterocycles. The fourth-order valence-electron chi connectivity index (χ4n) is 2.84. The van der Waals surface area contributed by atoms with Gasteiger partial charge in [0.1, 0.15) is 5.60 Å². The van der Waals surface area contributed by atoms with Crippen molar-refractivity contribution in [2.75, 3.05) is 0 Å². The highest BCUT2D eigenvalue weighted by molar-refractivity contribution is 5.68. The molecule has 0 aliphatic heterocycles. The molecule has 124 valence electrons. The second-order valence-electron chi connectivity index (χ2n) is 7.26. The number of aromatic nitrogens is 1. The van der Waals surface area contributed by atoms with Gasteiger partial charge >= 0.3 is 6.09 Å². The summed E-state index contributed by atoms with van der Waals surface area (Å²) in [7, 11) is 2.04. The van der Waals surface area contributed by atoms with E-state index in [0.717, 1.165) is 32.2 Å². The summed E-state index contributed by atoms with van der Waals surface area (Å²) in [5, 5.41) is 6.59. The van der Waals surface area contributed by atoms with Crippen LogP contribution in [0.1, 0.15) is 52.0 Å². The van der Waals surface area contributed by atoms with E-state index in [0.29, 0.717) is 6.04 Å². The van der Waals surface area contributed by atoms with Crippen LogP contribution in [-0.2, 0) is 18.3 Å². The van der Waals surface area contributed by atoms with Crippen LogP contribution >= 0.6 is 0 Å². The number of nitrogens with zero attached hydrogens (tertiary/aromatic N) is 1. The molecule has 1 aliphatic rings. The molecule has 1 saturated carbocycles. The Kier molecular flexibility index (Phi) is 5.51. The third-order valence-corrected chi connectivity index (χ3v) is 3.94. The third-order valence-electron chi connectivity index (χ3n) is 3.94. The standard InChI is InChI=1S/C17H29N3O2/c1-17(2,3)22-16(21)19-15-7-5-14(6-8-15)18-11-13-9-10-20(4)12-13/h9-10,12,14-15,18H,5-8,11H2,1-4H3,(H,19,21). The predicted molar refractivity (Wildman–Crippen MR) is 87.7 cm³/mol. The molecular formula is C17H29N3O2. The van der Waals surface area contributed by atoms with Crippen molar-refractivity contribution in [3.05, 3.63) is 24.0 Å². The van der Waals surface area contributed by atoms with Gasteiger partial charge in [-0.3, -0.25) is 0 Å². The minimum Gasteiger partial charge on any atom is -0.444 e. The first kappa shape index (κ1) is 16.9. The van der Waals surface area contributed by atoms with Crippen molar-refractivity contribution in [1.82, 2.24) is 15.2 Å². The molecule has 1 fully saturated rings. The van der Waals surface area contributed by atoms with Crippen LogP contribution in [0.25, 0.3) is 0 Å². The number of alkyl carbamates (subject to hydrolysis) is 1. The van der Waals surface area contributed by atoms with Gasteiger partial charge in [-0.2, -0.15) is 0 Å². The zero-order chi connectivity index (χ0) is 16.2. The number of carbonyl (C=O) groups is 1. The highest BCUT2D eigenvalue weighted by Crippen LogP contribution is 2.19. The number of aryl methyl sites for hydroxylation is 1. The molecule has 0 spiro atoms. The van der Waals surface area contributed by atoms with Gasteiger partial charge in [0.15, 0.2) is 0 Å². The molecule has 0 saturated heterocycles. The van der Waals surface area contributed by atoms with Gasteiger partial charge in [0.2, 0.25) is 0 Å². The van der Waals surface area contributed by atoms with Crippen molar-refractivity contribution < 1.29 is 9.53 Å². The molecule has 5 nitrogen and oxygen atoms in total. The summed E-state index contributed by atoms with van der Waals surface area (Å²) in [5.74, 6) is 0.